The van der Waals surface area contributed by atoms with Gasteiger partial charge in [0.2, 0.25) is 5.91 Å². The number of sulfone groups is 1. The third-order valence-corrected chi connectivity index (χ3v) is 6.21. The van der Waals surface area contributed by atoms with E-state index >= 15 is 0 Å². The van der Waals surface area contributed by atoms with E-state index in [1.165, 1.54) is 0 Å². The summed E-state index contributed by atoms with van der Waals surface area (Å²) >= 11 is 0. The molecule has 1 aromatic rings. The van der Waals surface area contributed by atoms with Crippen molar-refractivity contribution in [2.75, 3.05) is 24.6 Å². The van der Waals surface area contributed by atoms with Crippen LogP contribution in [0.5, 0.6) is 0 Å². The van der Waals surface area contributed by atoms with Crippen LogP contribution in [0.15, 0.2) is 18.2 Å². The van der Waals surface area contributed by atoms with Crippen molar-refractivity contribution in [3.05, 3.63) is 35.4 Å². The van der Waals surface area contributed by atoms with Gasteiger partial charge in [0.15, 0.2) is 9.84 Å². The van der Waals surface area contributed by atoms with Crippen LogP contribution in [0.2, 0.25) is 0 Å². The molecule has 2 rings (SSSR count). The second-order valence-electron chi connectivity index (χ2n) is 6.63. The molecule has 0 spiro atoms. The maximum absolute atomic E-state index is 13.6. The average molecular weight is 402 g/mol. The monoisotopic (exact) mass is 402 g/mol. The lowest BCUT2D eigenvalue weighted by Gasteiger charge is -2.28. The first-order valence-electron chi connectivity index (χ1n) is 8.96. The van der Waals surface area contributed by atoms with Gasteiger partial charge in [-0.2, -0.15) is 0 Å². The van der Waals surface area contributed by atoms with Gasteiger partial charge in [0, 0.05) is 31.6 Å². The molecule has 0 aromatic heterocycles. The quantitative estimate of drug-likeness (QED) is 0.673. The average Bonchev–Trinajstić information content (AvgIpc) is 2.95. The number of halogens is 2. The Balaban J connectivity index is 1.82. The Kier molecular flexibility index (Phi) is 7.29. The molecule has 0 radical (unpaired) electrons. The molecule has 2 amide bonds. The van der Waals surface area contributed by atoms with Crippen LogP contribution in [0.25, 0.3) is 0 Å². The number of hydrogen-bond acceptors (Lipinski definition) is 4. The zero-order valence-corrected chi connectivity index (χ0v) is 16.0. The van der Waals surface area contributed by atoms with Crippen molar-refractivity contribution in [1.29, 1.82) is 0 Å². The van der Waals surface area contributed by atoms with Crippen LogP contribution in [0.3, 0.4) is 0 Å². The molecule has 0 saturated carbocycles. The molecule has 1 aliphatic rings. The van der Waals surface area contributed by atoms with Crippen LogP contribution < -0.4 is 5.32 Å². The summed E-state index contributed by atoms with van der Waals surface area (Å²) in [6.07, 6.45) is 1.67. The fraction of sp³-hybridized carbons (Fsp3) is 0.556. The standard InChI is InChI=1S/C18H24F2N2O4S/c1-2-9-22(14-7-10-27(25,26)12-14)17(23)4-3-8-21-18(24)15-6-5-13(19)11-16(15)20/h5-6,11,14H,2-4,7-10,12H2,1H3,(H,21,24). The van der Waals surface area contributed by atoms with E-state index in [2.05, 4.69) is 5.32 Å². The highest BCUT2D eigenvalue weighted by Crippen LogP contribution is 2.19. The molecule has 0 aliphatic carbocycles. The van der Waals surface area contributed by atoms with E-state index in [0.29, 0.717) is 25.5 Å². The molecule has 1 aromatic carbocycles. The Labute approximate surface area is 157 Å². The van der Waals surface area contributed by atoms with Crippen LogP contribution >= 0.6 is 0 Å². The zero-order chi connectivity index (χ0) is 20.0. The van der Waals surface area contributed by atoms with Gasteiger partial charge in [0.05, 0.1) is 17.1 Å². The van der Waals surface area contributed by atoms with E-state index in [1.807, 2.05) is 6.92 Å². The minimum absolute atomic E-state index is 0.000675. The summed E-state index contributed by atoms with van der Waals surface area (Å²) in [7, 11) is -3.08. The normalized spacial score (nSPS) is 18.3. The molecule has 0 bridgehead atoms. The largest absolute Gasteiger partial charge is 0.352 e. The first kappa shape index (κ1) is 21.3. The summed E-state index contributed by atoms with van der Waals surface area (Å²) in [5.41, 5.74) is -0.258. The predicted molar refractivity (Wildman–Crippen MR) is 97.0 cm³/mol. The Morgan fingerprint density at radius 2 is 2.04 bits per heavy atom. The van der Waals surface area contributed by atoms with Crippen LogP contribution in [0, 0.1) is 11.6 Å². The van der Waals surface area contributed by atoms with Crippen LogP contribution in [0.4, 0.5) is 8.78 Å². The summed E-state index contributed by atoms with van der Waals surface area (Å²) in [6, 6.07) is 2.41. The van der Waals surface area contributed by atoms with Crippen molar-refractivity contribution in [3.8, 4) is 0 Å². The minimum Gasteiger partial charge on any atom is -0.352 e. The minimum atomic E-state index is -3.08. The summed E-state index contributed by atoms with van der Waals surface area (Å²) in [5, 5.41) is 2.50. The van der Waals surface area contributed by atoms with E-state index < -0.39 is 27.4 Å². The van der Waals surface area contributed by atoms with Gasteiger partial charge in [-0.15, -0.1) is 0 Å². The molecule has 1 unspecified atom stereocenters. The van der Waals surface area contributed by atoms with Crippen molar-refractivity contribution in [3.63, 3.8) is 0 Å². The van der Waals surface area contributed by atoms with Crippen molar-refractivity contribution >= 4 is 21.7 Å². The molecule has 6 nitrogen and oxygen atoms in total. The highest BCUT2D eigenvalue weighted by Gasteiger charge is 2.33. The van der Waals surface area contributed by atoms with Gasteiger partial charge < -0.3 is 10.2 Å². The number of amides is 2. The number of carbonyl (C=O) groups is 2. The van der Waals surface area contributed by atoms with Gasteiger partial charge in [-0.3, -0.25) is 9.59 Å². The first-order chi connectivity index (χ1) is 12.7. The number of nitrogens with zero attached hydrogens (tertiary/aromatic N) is 1. The molecular formula is C18H24F2N2O4S. The molecule has 9 heteroatoms. The van der Waals surface area contributed by atoms with E-state index in [1.54, 1.807) is 4.90 Å². The number of benzene rings is 1. The number of hydrogen-bond donors (Lipinski definition) is 1. The van der Waals surface area contributed by atoms with Crippen molar-refractivity contribution < 1.29 is 26.8 Å². The molecule has 1 saturated heterocycles. The first-order valence-corrected chi connectivity index (χ1v) is 10.8. The van der Waals surface area contributed by atoms with E-state index in [4.69, 9.17) is 0 Å². The van der Waals surface area contributed by atoms with Crippen LogP contribution in [0.1, 0.15) is 43.0 Å². The predicted octanol–water partition coefficient (Wildman–Crippen LogP) is 1.90. The fourth-order valence-corrected chi connectivity index (χ4v) is 4.86. The number of nitrogens with one attached hydrogen (secondary N) is 1. The fourth-order valence-electron chi connectivity index (χ4n) is 3.13. The summed E-state index contributed by atoms with van der Waals surface area (Å²) in [4.78, 5) is 26.0. The van der Waals surface area contributed by atoms with E-state index in [9.17, 15) is 26.8 Å². The maximum Gasteiger partial charge on any atom is 0.254 e. The number of rotatable bonds is 8. The topological polar surface area (TPSA) is 83.6 Å². The third kappa shape index (κ3) is 5.98. The SMILES string of the molecule is CCCN(C(=O)CCCNC(=O)c1ccc(F)cc1F)C1CCS(=O)(=O)C1. The Morgan fingerprint density at radius 3 is 2.63 bits per heavy atom. The highest BCUT2D eigenvalue weighted by atomic mass is 32.2. The summed E-state index contributed by atoms with van der Waals surface area (Å²) in [6.45, 7) is 2.57. The van der Waals surface area contributed by atoms with Gasteiger partial charge in [0.1, 0.15) is 11.6 Å². The smallest absolute Gasteiger partial charge is 0.254 e. The molecule has 1 atom stereocenters. The van der Waals surface area contributed by atoms with Crippen molar-refractivity contribution in [1.82, 2.24) is 10.2 Å². The lowest BCUT2D eigenvalue weighted by atomic mass is 10.1. The van der Waals surface area contributed by atoms with Gasteiger partial charge in [0.25, 0.3) is 5.91 Å². The lowest BCUT2D eigenvalue weighted by Crippen LogP contribution is -2.41. The van der Waals surface area contributed by atoms with Gasteiger partial charge in [-0.05, 0) is 31.4 Å². The zero-order valence-electron chi connectivity index (χ0n) is 15.2. The molecule has 27 heavy (non-hydrogen) atoms. The van der Waals surface area contributed by atoms with E-state index in [0.717, 1.165) is 18.6 Å². The Hall–Kier alpha value is -2.03. The Morgan fingerprint density at radius 1 is 1.30 bits per heavy atom. The second kappa shape index (κ2) is 9.25. The van der Waals surface area contributed by atoms with Crippen molar-refractivity contribution in [2.24, 2.45) is 0 Å². The van der Waals surface area contributed by atoms with Gasteiger partial charge >= 0.3 is 0 Å². The van der Waals surface area contributed by atoms with Gasteiger partial charge in [-0.25, -0.2) is 17.2 Å². The van der Waals surface area contributed by atoms with Crippen LogP contribution in [-0.2, 0) is 14.6 Å². The molecular weight excluding hydrogens is 378 g/mol. The number of carbonyl (C=O) groups excluding carboxylic acids is 2. The molecule has 1 heterocycles. The van der Waals surface area contributed by atoms with Gasteiger partial charge in [-0.1, -0.05) is 6.92 Å². The third-order valence-electron chi connectivity index (χ3n) is 4.46. The highest BCUT2D eigenvalue weighted by molar-refractivity contribution is 7.91. The molecule has 1 aliphatic heterocycles. The van der Waals surface area contributed by atoms with Crippen molar-refractivity contribution in [2.45, 2.75) is 38.6 Å². The Bertz CT molecular complexity index is 799. The molecule has 1 N–H and O–H groups in total. The summed E-state index contributed by atoms with van der Waals surface area (Å²) in [5.74, 6) is -2.43. The summed E-state index contributed by atoms with van der Waals surface area (Å²) < 4.78 is 49.7. The molecule has 150 valence electrons. The second-order valence-corrected chi connectivity index (χ2v) is 8.86. The van der Waals surface area contributed by atoms with Crippen LogP contribution in [-0.4, -0.2) is 55.8 Å². The lowest BCUT2D eigenvalue weighted by molar-refractivity contribution is -0.133. The van der Waals surface area contributed by atoms with E-state index in [-0.39, 0.29) is 42.0 Å². The maximum atomic E-state index is 13.6. The molecule has 1 fully saturated rings.